The van der Waals surface area contributed by atoms with E-state index in [1.54, 1.807) is 0 Å². The Bertz CT molecular complexity index is 502. The minimum absolute atomic E-state index is 0.0992. The predicted octanol–water partition coefficient (Wildman–Crippen LogP) is 2.07. The van der Waals surface area contributed by atoms with Crippen LogP contribution in [-0.2, 0) is 15.8 Å². The number of hydrogen-bond donors (Lipinski definition) is 2. The van der Waals surface area contributed by atoms with Gasteiger partial charge in [0.25, 0.3) is 5.91 Å². The van der Waals surface area contributed by atoms with Crippen LogP contribution in [0, 0.1) is 0 Å². The number of ether oxygens (including phenoxy) is 1. The fraction of sp³-hybridized carbons (Fsp3) is 0.385. The number of carbonyl (C=O) groups is 2. The number of carboxylic acids is 1. The van der Waals surface area contributed by atoms with Gasteiger partial charge >= 0.3 is 12.1 Å². The number of nitrogens with one attached hydrogen (secondary N) is 1. The highest BCUT2D eigenvalue weighted by molar-refractivity contribution is 5.77. The van der Waals surface area contributed by atoms with E-state index >= 15 is 0 Å². The van der Waals surface area contributed by atoms with Gasteiger partial charge in [0.2, 0.25) is 0 Å². The Balaban J connectivity index is 2.45. The Morgan fingerprint density at radius 2 is 1.90 bits per heavy atom. The molecular weight excluding hydrogens is 291 g/mol. The van der Waals surface area contributed by atoms with Crippen molar-refractivity contribution in [3.05, 3.63) is 29.8 Å². The Labute approximate surface area is 118 Å². The molecule has 1 rings (SSSR count). The highest BCUT2D eigenvalue weighted by atomic mass is 19.4. The molecule has 0 saturated heterocycles. The van der Waals surface area contributed by atoms with E-state index < -0.39 is 36.0 Å². The van der Waals surface area contributed by atoms with Crippen LogP contribution >= 0.6 is 0 Å². The van der Waals surface area contributed by atoms with Crippen LogP contribution in [0.3, 0.4) is 0 Å². The molecule has 0 unspecified atom stereocenters. The van der Waals surface area contributed by atoms with Crippen molar-refractivity contribution in [3.8, 4) is 5.75 Å². The molecule has 1 aromatic rings. The van der Waals surface area contributed by atoms with Crippen molar-refractivity contribution in [1.29, 1.82) is 0 Å². The van der Waals surface area contributed by atoms with Gasteiger partial charge in [-0.1, -0.05) is 12.1 Å². The van der Waals surface area contributed by atoms with Crippen LogP contribution in [0.1, 0.15) is 18.4 Å². The van der Waals surface area contributed by atoms with E-state index in [2.05, 4.69) is 5.32 Å². The van der Waals surface area contributed by atoms with Gasteiger partial charge < -0.3 is 15.2 Å². The summed E-state index contributed by atoms with van der Waals surface area (Å²) in [5.41, 5.74) is -0.955. The molecule has 0 spiro atoms. The van der Waals surface area contributed by atoms with Crippen molar-refractivity contribution >= 4 is 11.9 Å². The second-order valence-electron chi connectivity index (χ2n) is 4.13. The molecule has 21 heavy (non-hydrogen) atoms. The summed E-state index contributed by atoms with van der Waals surface area (Å²) in [4.78, 5) is 21.6. The van der Waals surface area contributed by atoms with Gasteiger partial charge in [0.15, 0.2) is 6.61 Å². The number of rotatable bonds is 7. The number of halogens is 3. The highest BCUT2D eigenvalue weighted by Gasteiger charge is 2.34. The van der Waals surface area contributed by atoms with Crippen molar-refractivity contribution in [3.63, 3.8) is 0 Å². The van der Waals surface area contributed by atoms with Crippen molar-refractivity contribution in [2.24, 2.45) is 0 Å². The highest BCUT2D eigenvalue weighted by Crippen LogP contribution is 2.35. The third kappa shape index (κ3) is 6.15. The second-order valence-corrected chi connectivity index (χ2v) is 4.13. The van der Waals surface area contributed by atoms with Crippen LogP contribution in [0.5, 0.6) is 5.75 Å². The monoisotopic (exact) mass is 305 g/mol. The number of alkyl halides is 3. The number of hydrogen-bond acceptors (Lipinski definition) is 3. The Hall–Kier alpha value is -2.25. The van der Waals surface area contributed by atoms with E-state index in [0.29, 0.717) is 0 Å². The quantitative estimate of drug-likeness (QED) is 0.756. The van der Waals surface area contributed by atoms with Gasteiger partial charge in [0, 0.05) is 13.0 Å². The fourth-order valence-electron chi connectivity index (χ4n) is 1.49. The topological polar surface area (TPSA) is 75.6 Å². The predicted molar refractivity (Wildman–Crippen MR) is 66.8 cm³/mol. The van der Waals surface area contributed by atoms with E-state index in [4.69, 9.17) is 9.84 Å². The summed E-state index contributed by atoms with van der Waals surface area (Å²) < 4.78 is 42.8. The first-order valence-corrected chi connectivity index (χ1v) is 6.08. The van der Waals surface area contributed by atoms with Crippen LogP contribution in [0.4, 0.5) is 13.2 Å². The zero-order valence-electron chi connectivity index (χ0n) is 10.9. The second kappa shape index (κ2) is 7.51. The van der Waals surface area contributed by atoms with E-state index in [0.717, 1.165) is 12.1 Å². The van der Waals surface area contributed by atoms with Crippen molar-refractivity contribution in [2.45, 2.75) is 19.0 Å². The van der Waals surface area contributed by atoms with Gasteiger partial charge in [-0.2, -0.15) is 13.2 Å². The van der Waals surface area contributed by atoms with Crippen LogP contribution in [-0.4, -0.2) is 30.1 Å². The lowest BCUT2D eigenvalue weighted by atomic mass is 10.2. The summed E-state index contributed by atoms with van der Waals surface area (Å²) in [6.07, 6.45) is -4.42. The third-order valence-corrected chi connectivity index (χ3v) is 2.44. The van der Waals surface area contributed by atoms with E-state index in [9.17, 15) is 22.8 Å². The lowest BCUT2D eigenvalue weighted by Gasteiger charge is -2.13. The maximum absolute atomic E-state index is 12.7. The maximum atomic E-state index is 12.7. The minimum Gasteiger partial charge on any atom is -0.483 e. The average molecular weight is 305 g/mol. The molecule has 0 atom stereocenters. The smallest absolute Gasteiger partial charge is 0.419 e. The Morgan fingerprint density at radius 1 is 1.24 bits per heavy atom. The molecule has 0 bridgehead atoms. The maximum Gasteiger partial charge on any atom is 0.419 e. The molecule has 0 saturated carbocycles. The fourth-order valence-corrected chi connectivity index (χ4v) is 1.49. The summed E-state index contributed by atoms with van der Waals surface area (Å²) in [6.45, 7) is -0.449. The normalized spacial score (nSPS) is 11.0. The molecule has 1 aromatic carbocycles. The third-order valence-electron chi connectivity index (χ3n) is 2.44. The van der Waals surface area contributed by atoms with Crippen LogP contribution in [0.15, 0.2) is 24.3 Å². The summed E-state index contributed by atoms with van der Waals surface area (Å²) in [7, 11) is 0. The summed E-state index contributed by atoms with van der Waals surface area (Å²) in [6, 6.07) is 4.58. The average Bonchev–Trinajstić information content (AvgIpc) is 2.40. The largest absolute Gasteiger partial charge is 0.483 e. The first-order chi connectivity index (χ1) is 9.80. The van der Waals surface area contributed by atoms with E-state index in [1.807, 2.05) is 0 Å². The van der Waals surface area contributed by atoms with Crippen LogP contribution in [0.25, 0.3) is 0 Å². The van der Waals surface area contributed by atoms with Crippen molar-refractivity contribution in [1.82, 2.24) is 5.32 Å². The summed E-state index contributed by atoms with van der Waals surface area (Å²) in [5, 5.41) is 10.8. The molecule has 0 aliphatic carbocycles. The number of para-hydroxylation sites is 1. The molecule has 8 heteroatoms. The number of carboxylic acid groups (broad SMARTS) is 1. The van der Waals surface area contributed by atoms with Gasteiger partial charge in [-0.3, -0.25) is 9.59 Å². The molecule has 0 aliphatic rings. The number of benzene rings is 1. The molecule has 1 amide bonds. The van der Waals surface area contributed by atoms with Crippen LogP contribution < -0.4 is 10.1 Å². The summed E-state index contributed by atoms with van der Waals surface area (Å²) >= 11 is 0. The van der Waals surface area contributed by atoms with Gasteiger partial charge in [-0.05, 0) is 18.6 Å². The van der Waals surface area contributed by atoms with Gasteiger partial charge in [0.05, 0.1) is 5.56 Å². The lowest BCUT2D eigenvalue weighted by Crippen LogP contribution is -2.30. The number of carbonyl (C=O) groups excluding carboxylic acids is 1. The molecule has 0 heterocycles. The minimum atomic E-state index is -4.56. The molecule has 2 N–H and O–H groups in total. The van der Waals surface area contributed by atoms with Gasteiger partial charge in [0.1, 0.15) is 5.75 Å². The Morgan fingerprint density at radius 3 is 2.52 bits per heavy atom. The summed E-state index contributed by atoms with van der Waals surface area (Å²) in [5.74, 6) is -2.03. The molecule has 116 valence electrons. The van der Waals surface area contributed by atoms with Crippen molar-refractivity contribution in [2.75, 3.05) is 13.2 Å². The van der Waals surface area contributed by atoms with Gasteiger partial charge in [-0.25, -0.2) is 0 Å². The van der Waals surface area contributed by atoms with E-state index in [1.165, 1.54) is 12.1 Å². The van der Waals surface area contributed by atoms with Crippen molar-refractivity contribution < 1.29 is 32.6 Å². The number of amides is 1. The van der Waals surface area contributed by atoms with Gasteiger partial charge in [-0.15, -0.1) is 0 Å². The molecule has 0 fully saturated rings. The zero-order valence-corrected chi connectivity index (χ0v) is 10.9. The molecule has 5 nitrogen and oxygen atoms in total. The molecule has 0 aliphatic heterocycles. The molecule has 0 radical (unpaired) electrons. The zero-order chi connectivity index (χ0) is 15.9. The molecular formula is C13H14F3NO4. The lowest BCUT2D eigenvalue weighted by molar-refractivity contribution is -0.139. The first kappa shape index (κ1) is 16.8. The first-order valence-electron chi connectivity index (χ1n) is 6.08. The molecule has 0 aromatic heterocycles. The Kier molecular flexibility index (Phi) is 6.01. The van der Waals surface area contributed by atoms with Crippen LogP contribution in [0.2, 0.25) is 0 Å². The number of aliphatic carboxylic acids is 1. The van der Waals surface area contributed by atoms with E-state index in [-0.39, 0.29) is 19.4 Å². The SMILES string of the molecule is O=C(O)CCCNC(=O)COc1ccccc1C(F)(F)F. The standard InChI is InChI=1S/C13H14F3NO4/c14-13(15,16)9-4-1-2-5-10(9)21-8-11(18)17-7-3-6-12(19)20/h1-2,4-5H,3,6-8H2,(H,17,18)(H,19,20).